The Kier molecular flexibility index (Phi) is 4.44. The third kappa shape index (κ3) is 3.31. The summed E-state index contributed by atoms with van der Waals surface area (Å²) in [7, 11) is 0. The van der Waals surface area contributed by atoms with Crippen molar-refractivity contribution in [2.45, 2.75) is 19.5 Å². The minimum Gasteiger partial charge on any atom is -0.305 e. The van der Waals surface area contributed by atoms with Crippen LogP contribution in [0.25, 0.3) is 0 Å². The maximum atomic E-state index is 5.88. The number of rotatable bonds is 4. The first-order chi connectivity index (χ1) is 7.65. The van der Waals surface area contributed by atoms with Crippen LogP contribution >= 0.6 is 50.2 Å². The molecule has 0 radical (unpaired) electrons. The number of halogens is 2. The molecule has 0 aliphatic heterocycles. The molecule has 5 heteroatoms. The second-order valence-corrected chi connectivity index (χ2v) is 7.13. The van der Waals surface area contributed by atoms with Gasteiger partial charge in [0.05, 0.1) is 4.34 Å². The summed E-state index contributed by atoms with van der Waals surface area (Å²) >= 11 is 12.7. The van der Waals surface area contributed by atoms with Gasteiger partial charge in [-0.2, -0.15) is 0 Å². The Morgan fingerprint density at radius 2 is 2.31 bits per heavy atom. The predicted molar refractivity (Wildman–Crippen MR) is 76.6 cm³/mol. The van der Waals surface area contributed by atoms with Crippen LogP contribution in [0, 0.1) is 0 Å². The van der Waals surface area contributed by atoms with Crippen LogP contribution in [-0.4, -0.2) is 0 Å². The molecule has 0 saturated heterocycles. The predicted octanol–water partition coefficient (Wildman–Crippen LogP) is 5.08. The molecule has 2 aromatic rings. The van der Waals surface area contributed by atoms with E-state index in [1.54, 1.807) is 22.7 Å². The Morgan fingerprint density at radius 1 is 1.50 bits per heavy atom. The van der Waals surface area contributed by atoms with Crippen molar-refractivity contribution >= 4 is 50.2 Å². The zero-order valence-electron chi connectivity index (χ0n) is 8.67. The molecule has 0 aromatic carbocycles. The van der Waals surface area contributed by atoms with Gasteiger partial charge in [-0.15, -0.1) is 22.7 Å². The molecule has 2 rings (SSSR count). The van der Waals surface area contributed by atoms with Crippen molar-refractivity contribution in [3.8, 4) is 0 Å². The Morgan fingerprint density at radius 3 is 2.88 bits per heavy atom. The maximum Gasteiger partial charge on any atom is 0.0931 e. The van der Waals surface area contributed by atoms with Gasteiger partial charge in [-0.25, -0.2) is 0 Å². The van der Waals surface area contributed by atoms with Crippen molar-refractivity contribution in [1.29, 1.82) is 0 Å². The Labute approximate surface area is 117 Å². The molecule has 1 unspecified atom stereocenters. The van der Waals surface area contributed by atoms with E-state index in [1.807, 2.05) is 6.07 Å². The number of hydrogen-bond acceptors (Lipinski definition) is 3. The average molecular weight is 337 g/mol. The lowest BCUT2D eigenvalue weighted by atomic mass is 10.3. The minimum atomic E-state index is 0.372. The average Bonchev–Trinajstić information content (AvgIpc) is 2.84. The summed E-state index contributed by atoms with van der Waals surface area (Å²) in [5, 5.41) is 5.59. The fourth-order valence-electron chi connectivity index (χ4n) is 1.36. The van der Waals surface area contributed by atoms with E-state index in [2.05, 4.69) is 45.7 Å². The lowest BCUT2D eigenvalue weighted by Gasteiger charge is -2.10. The van der Waals surface area contributed by atoms with Crippen LogP contribution in [-0.2, 0) is 6.54 Å². The molecule has 0 aliphatic carbocycles. The second-order valence-electron chi connectivity index (χ2n) is 3.48. The van der Waals surface area contributed by atoms with E-state index in [-0.39, 0.29) is 0 Å². The van der Waals surface area contributed by atoms with Gasteiger partial charge in [-0.1, -0.05) is 11.6 Å². The summed E-state index contributed by atoms with van der Waals surface area (Å²) in [5.41, 5.74) is 0. The minimum absolute atomic E-state index is 0.372. The van der Waals surface area contributed by atoms with Crippen LogP contribution < -0.4 is 5.32 Å². The molecule has 2 aromatic heterocycles. The van der Waals surface area contributed by atoms with Gasteiger partial charge in [0.25, 0.3) is 0 Å². The monoisotopic (exact) mass is 335 g/mol. The van der Waals surface area contributed by atoms with Gasteiger partial charge in [0.1, 0.15) is 0 Å². The van der Waals surface area contributed by atoms with Crippen molar-refractivity contribution in [3.63, 3.8) is 0 Å². The van der Waals surface area contributed by atoms with Crippen LogP contribution in [0.3, 0.4) is 0 Å². The highest BCUT2D eigenvalue weighted by molar-refractivity contribution is 9.10. The van der Waals surface area contributed by atoms with Gasteiger partial charge in [0.2, 0.25) is 0 Å². The summed E-state index contributed by atoms with van der Waals surface area (Å²) in [6.45, 7) is 3.04. The fraction of sp³-hybridized carbons (Fsp3) is 0.273. The first-order valence-electron chi connectivity index (χ1n) is 4.86. The number of thiophene rings is 2. The second kappa shape index (κ2) is 5.65. The normalized spacial score (nSPS) is 12.9. The Balaban J connectivity index is 1.91. The first-order valence-corrected chi connectivity index (χ1v) is 7.73. The van der Waals surface area contributed by atoms with E-state index in [0.717, 1.165) is 15.4 Å². The molecule has 0 spiro atoms. The zero-order chi connectivity index (χ0) is 11.5. The van der Waals surface area contributed by atoms with E-state index in [1.165, 1.54) is 9.75 Å². The van der Waals surface area contributed by atoms with Crippen molar-refractivity contribution in [3.05, 3.63) is 42.1 Å². The third-order valence-corrected chi connectivity index (χ3v) is 5.33. The molecule has 16 heavy (non-hydrogen) atoms. The Bertz CT molecular complexity index is 466. The van der Waals surface area contributed by atoms with E-state index >= 15 is 0 Å². The lowest BCUT2D eigenvalue weighted by molar-refractivity contribution is 0.587. The summed E-state index contributed by atoms with van der Waals surface area (Å²) in [6, 6.07) is 6.54. The first kappa shape index (κ1) is 12.6. The van der Waals surface area contributed by atoms with Gasteiger partial charge in [0.15, 0.2) is 0 Å². The van der Waals surface area contributed by atoms with Crippen LogP contribution in [0.5, 0.6) is 0 Å². The number of hydrogen-bond donors (Lipinski definition) is 1. The van der Waals surface area contributed by atoms with Gasteiger partial charge in [-0.3, -0.25) is 0 Å². The SMILES string of the molecule is CC(NCc1ccc(Cl)s1)c1cc(Br)cs1. The van der Waals surface area contributed by atoms with Crippen LogP contribution in [0.4, 0.5) is 0 Å². The van der Waals surface area contributed by atoms with Crippen LogP contribution in [0.2, 0.25) is 4.34 Å². The maximum absolute atomic E-state index is 5.88. The van der Waals surface area contributed by atoms with Gasteiger partial charge >= 0.3 is 0 Å². The molecule has 0 fully saturated rings. The van der Waals surface area contributed by atoms with Gasteiger partial charge < -0.3 is 5.32 Å². The molecule has 0 bridgehead atoms. The number of nitrogens with one attached hydrogen (secondary N) is 1. The fourth-order valence-corrected chi connectivity index (χ4v) is 3.87. The quantitative estimate of drug-likeness (QED) is 0.821. The standard InChI is InChI=1S/C11H11BrClNS2/c1-7(10-4-8(12)6-15-10)14-5-9-2-3-11(13)16-9/h2-4,6-7,14H,5H2,1H3. The third-order valence-electron chi connectivity index (χ3n) is 2.23. The highest BCUT2D eigenvalue weighted by Gasteiger charge is 2.07. The van der Waals surface area contributed by atoms with Gasteiger partial charge in [-0.05, 0) is 41.1 Å². The lowest BCUT2D eigenvalue weighted by Crippen LogP contribution is -2.16. The van der Waals surface area contributed by atoms with E-state index < -0.39 is 0 Å². The van der Waals surface area contributed by atoms with Gasteiger partial charge in [0, 0.05) is 32.2 Å². The molecule has 0 aliphatic rings. The molecular formula is C11H11BrClNS2. The molecular weight excluding hydrogens is 326 g/mol. The smallest absolute Gasteiger partial charge is 0.0931 e. The van der Waals surface area contributed by atoms with Crippen molar-refractivity contribution in [1.82, 2.24) is 5.32 Å². The van der Waals surface area contributed by atoms with Crippen molar-refractivity contribution in [2.24, 2.45) is 0 Å². The Hall–Kier alpha value is 0.130. The highest BCUT2D eigenvalue weighted by Crippen LogP contribution is 2.26. The van der Waals surface area contributed by atoms with E-state index in [0.29, 0.717) is 6.04 Å². The summed E-state index contributed by atoms with van der Waals surface area (Å²) < 4.78 is 2.00. The largest absolute Gasteiger partial charge is 0.305 e. The highest BCUT2D eigenvalue weighted by atomic mass is 79.9. The van der Waals surface area contributed by atoms with Crippen LogP contribution in [0.15, 0.2) is 28.1 Å². The van der Waals surface area contributed by atoms with E-state index in [4.69, 9.17) is 11.6 Å². The van der Waals surface area contributed by atoms with Crippen molar-refractivity contribution < 1.29 is 0 Å². The molecule has 0 amide bonds. The van der Waals surface area contributed by atoms with E-state index in [9.17, 15) is 0 Å². The molecule has 86 valence electrons. The molecule has 2 heterocycles. The zero-order valence-corrected chi connectivity index (χ0v) is 12.6. The van der Waals surface area contributed by atoms with Crippen molar-refractivity contribution in [2.75, 3.05) is 0 Å². The van der Waals surface area contributed by atoms with Crippen LogP contribution in [0.1, 0.15) is 22.7 Å². The summed E-state index contributed by atoms with van der Waals surface area (Å²) in [4.78, 5) is 2.61. The molecule has 1 nitrogen and oxygen atoms in total. The summed E-state index contributed by atoms with van der Waals surface area (Å²) in [5.74, 6) is 0. The topological polar surface area (TPSA) is 12.0 Å². The molecule has 1 N–H and O–H groups in total. The molecule has 0 saturated carbocycles. The molecule has 1 atom stereocenters. The summed E-state index contributed by atoms with van der Waals surface area (Å²) in [6.07, 6.45) is 0.